The molecule has 7 aromatic rings. The molecule has 14 nitrogen and oxygen atoms in total. The first kappa shape index (κ1) is 40.6. The first-order valence-electron chi connectivity index (χ1n) is 20.3. The third kappa shape index (κ3) is 9.43. The lowest BCUT2D eigenvalue weighted by atomic mass is 9.81. The average Bonchev–Trinajstić information content (AvgIpc) is 4.10. The number of hydrogen-bond donors (Lipinski definition) is 2. The minimum Gasteiger partial charge on any atom is -0.300 e. The van der Waals surface area contributed by atoms with Crippen molar-refractivity contribution in [3.63, 3.8) is 0 Å². The van der Waals surface area contributed by atoms with E-state index in [4.69, 9.17) is 0 Å². The lowest BCUT2D eigenvalue weighted by Gasteiger charge is -2.22. The van der Waals surface area contributed by atoms with Crippen molar-refractivity contribution in [2.75, 3.05) is 0 Å². The van der Waals surface area contributed by atoms with Crippen LogP contribution >= 0.6 is 0 Å². The van der Waals surface area contributed by atoms with E-state index < -0.39 is 0 Å². The number of pyridine rings is 1. The van der Waals surface area contributed by atoms with Crippen LogP contribution in [0.25, 0.3) is 27.9 Å². The highest BCUT2D eigenvalue weighted by Gasteiger charge is 2.31. The van der Waals surface area contributed by atoms with Gasteiger partial charge in [0.2, 0.25) is 0 Å². The van der Waals surface area contributed by atoms with E-state index in [1.807, 2.05) is 34.9 Å². The second-order valence-electron chi connectivity index (χ2n) is 15.3. The number of carbonyl (C=O) groups excluding carboxylic acids is 3. The predicted octanol–water partition coefficient (Wildman–Crippen LogP) is 7.57. The molecule has 0 fully saturated rings. The number of ketones is 3. The number of aromatic amines is 2. The summed E-state index contributed by atoms with van der Waals surface area (Å²) in [5.74, 6) is 1.30. The van der Waals surface area contributed by atoms with Gasteiger partial charge in [-0.1, -0.05) is 104 Å². The summed E-state index contributed by atoms with van der Waals surface area (Å²) in [6.07, 6.45) is 9.95. The molecule has 302 valence electrons. The number of Topliss-reactive ketones (excluding diaryl/α,β-unsaturated/α-hetero) is 3. The highest BCUT2D eigenvalue weighted by molar-refractivity contribution is 6.02. The number of H-pyrrole nitrogens is 2. The molecular formula is C45H49N11O3. The Morgan fingerprint density at radius 3 is 1.73 bits per heavy atom. The molecule has 14 heteroatoms. The zero-order chi connectivity index (χ0) is 41.3. The molecule has 0 aliphatic heterocycles. The van der Waals surface area contributed by atoms with Crippen LogP contribution in [0.5, 0.6) is 0 Å². The number of tetrazole rings is 2. The van der Waals surface area contributed by atoms with E-state index in [0.29, 0.717) is 30.9 Å². The Morgan fingerprint density at radius 2 is 1.20 bits per heavy atom. The predicted molar refractivity (Wildman–Crippen MR) is 222 cm³/mol. The number of fused-ring (bicyclic) bond motifs is 2. The van der Waals surface area contributed by atoms with Crippen LogP contribution in [0.1, 0.15) is 110 Å². The molecule has 0 amide bonds. The molecule has 8 rings (SSSR count). The van der Waals surface area contributed by atoms with Gasteiger partial charge < -0.3 is 0 Å². The number of aromatic nitrogens is 11. The summed E-state index contributed by atoms with van der Waals surface area (Å²) in [6, 6.07) is 26.7. The molecule has 4 heterocycles. The minimum absolute atomic E-state index is 0.0922. The molecule has 59 heavy (non-hydrogen) atoms. The molecule has 4 aromatic heterocycles. The summed E-state index contributed by atoms with van der Waals surface area (Å²) in [7, 11) is 0. The Kier molecular flexibility index (Phi) is 12.9. The van der Waals surface area contributed by atoms with E-state index in [1.165, 1.54) is 0 Å². The number of nitrogens with one attached hydrogen (secondary N) is 2. The molecule has 0 unspecified atom stereocenters. The van der Waals surface area contributed by atoms with Crippen LogP contribution in [0.15, 0.2) is 91.4 Å². The number of rotatable bonds is 16. The highest BCUT2D eigenvalue weighted by Crippen LogP contribution is 2.35. The summed E-state index contributed by atoms with van der Waals surface area (Å²) in [4.78, 5) is 36.7. The standard InChI is InChI=1S/C24H26N4O2.C21H23N7O/c1-3-5-18(15(2)29)22(24-25-27-28-26-24)14-16-8-10-17(11-9-16)19-6-4-7-21-20(19)12-13-23(21)30;1-3-4-18(14(2)29)19(21-24-26-27-25-21)11-15-5-7-16(8-6-15)17-9-10-20-23-22-13-28(20)12-17/h4,6-11,18,22H,3,5,12-14H2,1-2H3,(H,25,26,27,28);5-10,12-13,18-19H,3-4,11H2,1-2H3,(H,24,25,26,27)/t18-,22+;18-,19+/m11/s1. The van der Waals surface area contributed by atoms with Crippen molar-refractivity contribution in [2.45, 2.75) is 90.9 Å². The van der Waals surface area contributed by atoms with E-state index in [1.54, 1.807) is 20.2 Å². The van der Waals surface area contributed by atoms with Crippen molar-refractivity contribution >= 4 is 23.0 Å². The van der Waals surface area contributed by atoms with Crippen molar-refractivity contribution in [3.8, 4) is 22.3 Å². The van der Waals surface area contributed by atoms with Gasteiger partial charge in [0.05, 0.1) is 0 Å². The van der Waals surface area contributed by atoms with Gasteiger partial charge in [-0.15, -0.1) is 30.6 Å². The minimum atomic E-state index is -0.129. The molecule has 2 N–H and O–H groups in total. The smallest absolute Gasteiger partial charge is 0.178 e. The van der Waals surface area contributed by atoms with E-state index in [9.17, 15) is 14.4 Å². The Bertz CT molecular complexity index is 2480. The van der Waals surface area contributed by atoms with E-state index >= 15 is 0 Å². The number of carbonyl (C=O) groups is 3. The molecular weight excluding hydrogens is 743 g/mol. The van der Waals surface area contributed by atoms with Gasteiger partial charge in [0.15, 0.2) is 23.1 Å². The van der Waals surface area contributed by atoms with Crippen LogP contribution in [-0.4, -0.2) is 73.2 Å². The van der Waals surface area contributed by atoms with Gasteiger partial charge >= 0.3 is 0 Å². The third-order valence-electron chi connectivity index (χ3n) is 11.4. The molecule has 0 bridgehead atoms. The lowest BCUT2D eigenvalue weighted by Crippen LogP contribution is -2.23. The molecule has 1 aliphatic carbocycles. The monoisotopic (exact) mass is 791 g/mol. The summed E-state index contributed by atoms with van der Waals surface area (Å²) in [5, 5.41) is 37.1. The van der Waals surface area contributed by atoms with Crippen LogP contribution in [-0.2, 0) is 28.9 Å². The summed E-state index contributed by atoms with van der Waals surface area (Å²) < 4.78 is 1.90. The fourth-order valence-electron chi connectivity index (χ4n) is 8.40. The van der Waals surface area contributed by atoms with Crippen LogP contribution < -0.4 is 0 Å². The maximum Gasteiger partial charge on any atom is 0.178 e. The molecule has 1 aliphatic rings. The SMILES string of the molecule is CCC[C@H](C(C)=O)[C@H](Cc1ccc(-c2ccc3nncn3c2)cc1)c1nn[nH]n1.CCC[C@H](C(C)=O)[C@H](Cc1ccc(-c2cccc3c2CCC3=O)cc1)c1nn[nH]n1. The molecule has 0 radical (unpaired) electrons. The lowest BCUT2D eigenvalue weighted by molar-refractivity contribution is -0.122. The average molecular weight is 792 g/mol. The zero-order valence-corrected chi connectivity index (χ0v) is 33.9. The van der Waals surface area contributed by atoms with Crippen LogP contribution in [0.2, 0.25) is 0 Å². The van der Waals surface area contributed by atoms with Gasteiger partial charge in [0.25, 0.3) is 0 Å². The summed E-state index contributed by atoms with van der Waals surface area (Å²) in [5.41, 5.74) is 9.53. The normalized spacial score (nSPS) is 14.3. The molecule has 3 aromatic carbocycles. The number of nitrogens with zero attached hydrogens (tertiary/aromatic N) is 9. The maximum absolute atomic E-state index is 12.3. The first-order chi connectivity index (χ1) is 28.7. The Labute approximate surface area is 342 Å². The Morgan fingerprint density at radius 1 is 0.661 bits per heavy atom. The largest absolute Gasteiger partial charge is 0.300 e. The van der Waals surface area contributed by atoms with Crippen LogP contribution in [0.3, 0.4) is 0 Å². The van der Waals surface area contributed by atoms with Gasteiger partial charge in [-0.2, -0.15) is 10.4 Å². The second-order valence-corrected chi connectivity index (χ2v) is 15.3. The zero-order valence-electron chi connectivity index (χ0n) is 33.9. The van der Waals surface area contributed by atoms with Gasteiger partial charge in [0.1, 0.15) is 17.9 Å². The summed E-state index contributed by atoms with van der Waals surface area (Å²) in [6.45, 7) is 7.47. The third-order valence-corrected chi connectivity index (χ3v) is 11.4. The van der Waals surface area contributed by atoms with E-state index in [-0.39, 0.29) is 41.0 Å². The van der Waals surface area contributed by atoms with Crippen molar-refractivity contribution in [1.82, 2.24) is 55.8 Å². The molecule has 0 spiro atoms. The van der Waals surface area contributed by atoms with Crippen molar-refractivity contribution in [2.24, 2.45) is 11.8 Å². The number of hydrogen-bond acceptors (Lipinski definition) is 11. The van der Waals surface area contributed by atoms with E-state index in [0.717, 1.165) is 82.3 Å². The Hall–Kier alpha value is -6.57. The molecule has 0 saturated carbocycles. The van der Waals surface area contributed by atoms with Gasteiger partial charge in [-0.05, 0) is 97.0 Å². The summed E-state index contributed by atoms with van der Waals surface area (Å²) >= 11 is 0. The van der Waals surface area contributed by atoms with Crippen molar-refractivity contribution < 1.29 is 14.4 Å². The van der Waals surface area contributed by atoms with Crippen LogP contribution in [0.4, 0.5) is 0 Å². The van der Waals surface area contributed by atoms with Crippen molar-refractivity contribution in [1.29, 1.82) is 0 Å². The van der Waals surface area contributed by atoms with E-state index in [2.05, 4.69) is 120 Å². The van der Waals surface area contributed by atoms with Crippen molar-refractivity contribution in [3.05, 3.63) is 125 Å². The second kappa shape index (κ2) is 18.8. The fourth-order valence-corrected chi connectivity index (χ4v) is 8.40. The topological polar surface area (TPSA) is 190 Å². The molecule has 0 saturated heterocycles. The highest BCUT2D eigenvalue weighted by atomic mass is 16.1. The maximum atomic E-state index is 12.3. The molecule has 4 atom stereocenters. The first-order valence-corrected chi connectivity index (χ1v) is 20.3. The van der Waals surface area contributed by atoms with Crippen LogP contribution in [0, 0.1) is 11.8 Å². The van der Waals surface area contributed by atoms with Gasteiger partial charge in [0, 0.05) is 41.9 Å². The Balaban J connectivity index is 0.000000179. The van der Waals surface area contributed by atoms with Gasteiger partial charge in [-0.25, -0.2) is 0 Å². The fraction of sp³-hybridized carbons (Fsp3) is 0.356. The van der Waals surface area contributed by atoms with Gasteiger partial charge in [-0.3, -0.25) is 18.8 Å². The number of benzene rings is 3. The quantitative estimate of drug-likeness (QED) is 0.0982.